The SMILES string of the molecule is CC(=O)Nc1ccc(C(=O)CSc2nnc(-c3ccncc3)n2-c2cccc(Cl)c2C)cc1. The van der Waals surface area contributed by atoms with Crippen LogP contribution in [0.25, 0.3) is 17.1 Å². The molecule has 7 nitrogen and oxygen atoms in total. The molecule has 0 aliphatic rings. The molecule has 0 aliphatic heterocycles. The van der Waals surface area contributed by atoms with Crippen molar-refractivity contribution in [2.75, 3.05) is 11.1 Å². The smallest absolute Gasteiger partial charge is 0.221 e. The Balaban J connectivity index is 1.63. The lowest BCUT2D eigenvalue weighted by Gasteiger charge is -2.13. The van der Waals surface area contributed by atoms with Gasteiger partial charge < -0.3 is 5.32 Å². The van der Waals surface area contributed by atoms with Crippen molar-refractivity contribution in [2.24, 2.45) is 0 Å². The molecule has 0 aliphatic carbocycles. The van der Waals surface area contributed by atoms with E-state index in [9.17, 15) is 9.59 Å². The molecule has 0 unspecified atom stereocenters. The number of pyridine rings is 1. The number of nitrogens with one attached hydrogen (secondary N) is 1. The van der Waals surface area contributed by atoms with Gasteiger partial charge in [0.2, 0.25) is 5.91 Å². The highest BCUT2D eigenvalue weighted by atomic mass is 35.5. The molecule has 0 spiro atoms. The van der Waals surface area contributed by atoms with E-state index in [0.717, 1.165) is 16.8 Å². The van der Waals surface area contributed by atoms with Gasteiger partial charge in [0.05, 0.1) is 11.4 Å². The number of amides is 1. The average Bonchev–Trinajstić information content (AvgIpc) is 3.23. The van der Waals surface area contributed by atoms with Gasteiger partial charge >= 0.3 is 0 Å². The average molecular weight is 478 g/mol. The van der Waals surface area contributed by atoms with Crippen LogP contribution in [-0.2, 0) is 4.79 Å². The molecule has 1 amide bonds. The first-order chi connectivity index (χ1) is 15.9. The van der Waals surface area contributed by atoms with Crippen LogP contribution in [0.5, 0.6) is 0 Å². The molecule has 166 valence electrons. The fourth-order valence-electron chi connectivity index (χ4n) is 3.26. The number of halogens is 1. The van der Waals surface area contributed by atoms with E-state index >= 15 is 0 Å². The van der Waals surface area contributed by atoms with Gasteiger partial charge in [-0.15, -0.1) is 10.2 Å². The second-order valence-electron chi connectivity index (χ2n) is 7.23. The summed E-state index contributed by atoms with van der Waals surface area (Å²) < 4.78 is 1.91. The highest BCUT2D eigenvalue weighted by Gasteiger charge is 2.19. The predicted octanol–water partition coefficient (Wildman–Crippen LogP) is 5.22. The van der Waals surface area contributed by atoms with Gasteiger partial charge in [0.15, 0.2) is 16.8 Å². The number of ketones is 1. The predicted molar refractivity (Wildman–Crippen MR) is 130 cm³/mol. The van der Waals surface area contributed by atoms with E-state index in [1.54, 1.807) is 36.7 Å². The van der Waals surface area contributed by atoms with Crippen molar-refractivity contribution < 1.29 is 9.59 Å². The van der Waals surface area contributed by atoms with Crippen molar-refractivity contribution >= 4 is 40.7 Å². The number of thioether (sulfide) groups is 1. The molecule has 0 fully saturated rings. The zero-order chi connectivity index (χ0) is 23.4. The van der Waals surface area contributed by atoms with Crippen molar-refractivity contribution in [3.8, 4) is 17.1 Å². The van der Waals surface area contributed by atoms with Gasteiger partial charge in [-0.1, -0.05) is 29.4 Å². The van der Waals surface area contributed by atoms with Crippen molar-refractivity contribution in [1.29, 1.82) is 0 Å². The lowest BCUT2D eigenvalue weighted by atomic mass is 10.1. The van der Waals surface area contributed by atoms with E-state index in [2.05, 4.69) is 20.5 Å². The molecule has 0 saturated heterocycles. The first kappa shape index (κ1) is 22.7. The van der Waals surface area contributed by atoms with Gasteiger partial charge in [-0.05, 0) is 61.0 Å². The topological polar surface area (TPSA) is 89.8 Å². The van der Waals surface area contributed by atoms with Crippen molar-refractivity contribution in [2.45, 2.75) is 19.0 Å². The van der Waals surface area contributed by atoms with E-state index in [-0.39, 0.29) is 17.4 Å². The van der Waals surface area contributed by atoms with Crippen LogP contribution in [0.15, 0.2) is 72.1 Å². The molecule has 0 atom stereocenters. The first-order valence-corrected chi connectivity index (χ1v) is 11.5. The molecule has 0 bridgehead atoms. The van der Waals surface area contributed by atoms with E-state index in [1.165, 1.54) is 18.7 Å². The lowest BCUT2D eigenvalue weighted by Crippen LogP contribution is -2.08. The fraction of sp³-hybridized carbons (Fsp3) is 0.125. The number of hydrogen-bond acceptors (Lipinski definition) is 6. The number of anilines is 1. The molecule has 9 heteroatoms. The Bertz CT molecular complexity index is 1310. The molecule has 33 heavy (non-hydrogen) atoms. The van der Waals surface area contributed by atoms with Crippen LogP contribution in [-0.4, -0.2) is 37.2 Å². The summed E-state index contributed by atoms with van der Waals surface area (Å²) in [6.45, 7) is 3.37. The molecule has 0 saturated carbocycles. The molecule has 2 aromatic carbocycles. The van der Waals surface area contributed by atoms with Gasteiger partial charge in [-0.2, -0.15) is 0 Å². The normalized spacial score (nSPS) is 10.8. The van der Waals surface area contributed by atoms with Gasteiger partial charge in [-0.3, -0.25) is 19.1 Å². The molecule has 4 rings (SSSR count). The van der Waals surface area contributed by atoms with Crippen LogP contribution in [0.2, 0.25) is 5.02 Å². The minimum absolute atomic E-state index is 0.0581. The summed E-state index contributed by atoms with van der Waals surface area (Å²) in [6.07, 6.45) is 3.39. The monoisotopic (exact) mass is 477 g/mol. The van der Waals surface area contributed by atoms with Crippen LogP contribution in [0.3, 0.4) is 0 Å². The lowest BCUT2D eigenvalue weighted by molar-refractivity contribution is -0.114. The second-order valence-corrected chi connectivity index (χ2v) is 8.58. The summed E-state index contributed by atoms with van der Waals surface area (Å²) in [5.74, 6) is 0.591. The van der Waals surface area contributed by atoms with Crippen molar-refractivity contribution in [3.05, 3.63) is 83.1 Å². The number of carbonyl (C=O) groups excluding carboxylic acids is 2. The first-order valence-electron chi connectivity index (χ1n) is 10.1. The largest absolute Gasteiger partial charge is 0.326 e. The zero-order valence-electron chi connectivity index (χ0n) is 17.9. The number of aromatic nitrogens is 4. The minimum atomic E-state index is -0.162. The Morgan fingerprint density at radius 3 is 2.45 bits per heavy atom. The Morgan fingerprint density at radius 2 is 1.76 bits per heavy atom. The summed E-state index contributed by atoms with van der Waals surface area (Å²) in [5, 5.41) is 12.7. The van der Waals surface area contributed by atoms with Gasteiger partial charge in [0.25, 0.3) is 0 Å². The highest BCUT2D eigenvalue weighted by molar-refractivity contribution is 7.99. The summed E-state index contributed by atoms with van der Waals surface area (Å²) >= 11 is 7.68. The standard InChI is InChI=1S/C24H20ClN5O2S/c1-15-20(25)4-3-5-21(15)30-23(18-10-12-26-13-11-18)28-29-24(30)33-14-22(32)17-6-8-19(9-7-17)27-16(2)31/h3-13H,14H2,1-2H3,(H,27,31). The van der Waals surface area contributed by atoms with Crippen LogP contribution in [0.4, 0.5) is 5.69 Å². The maximum absolute atomic E-state index is 12.8. The van der Waals surface area contributed by atoms with E-state index in [0.29, 0.717) is 27.3 Å². The molecule has 4 aromatic rings. The Labute approximate surface area is 200 Å². The third-order valence-electron chi connectivity index (χ3n) is 4.91. The summed E-state index contributed by atoms with van der Waals surface area (Å²) in [6, 6.07) is 16.2. The number of carbonyl (C=O) groups is 2. The molecule has 2 aromatic heterocycles. The number of rotatable bonds is 7. The van der Waals surface area contributed by atoms with Crippen LogP contribution < -0.4 is 5.32 Å². The van der Waals surface area contributed by atoms with Gasteiger partial charge in [0, 0.05) is 41.2 Å². The van der Waals surface area contributed by atoms with E-state index in [4.69, 9.17) is 11.6 Å². The number of nitrogens with zero attached hydrogens (tertiary/aromatic N) is 4. The summed E-state index contributed by atoms with van der Waals surface area (Å²) in [4.78, 5) is 28.1. The van der Waals surface area contributed by atoms with Gasteiger partial charge in [0.1, 0.15) is 0 Å². The van der Waals surface area contributed by atoms with E-state index in [1.807, 2.05) is 41.8 Å². The quantitative estimate of drug-likeness (QED) is 0.290. The molecular formula is C24H20ClN5O2S. The fourth-order valence-corrected chi connectivity index (χ4v) is 4.27. The van der Waals surface area contributed by atoms with Crippen LogP contribution >= 0.6 is 23.4 Å². The Kier molecular flexibility index (Phi) is 6.86. The Hall–Kier alpha value is -3.49. The highest BCUT2D eigenvalue weighted by Crippen LogP contribution is 2.31. The third-order valence-corrected chi connectivity index (χ3v) is 6.25. The van der Waals surface area contributed by atoms with E-state index < -0.39 is 0 Å². The number of hydrogen-bond donors (Lipinski definition) is 1. The van der Waals surface area contributed by atoms with Crippen LogP contribution in [0, 0.1) is 6.92 Å². The van der Waals surface area contributed by atoms with Gasteiger partial charge in [-0.25, -0.2) is 0 Å². The summed E-state index contributed by atoms with van der Waals surface area (Å²) in [7, 11) is 0. The summed E-state index contributed by atoms with van der Waals surface area (Å²) in [5.41, 5.74) is 3.77. The minimum Gasteiger partial charge on any atom is -0.326 e. The maximum Gasteiger partial charge on any atom is 0.221 e. The second kappa shape index (κ2) is 9.97. The maximum atomic E-state index is 12.8. The molecule has 2 heterocycles. The zero-order valence-corrected chi connectivity index (χ0v) is 19.5. The Morgan fingerprint density at radius 1 is 1.03 bits per heavy atom. The van der Waals surface area contributed by atoms with Crippen molar-refractivity contribution in [1.82, 2.24) is 19.7 Å². The number of benzene rings is 2. The molecule has 1 N–H and O–H groups in total. The molecular weight excluding hydrogens is 458 g/mol. The van der Waals surface area contributed by atoms with Crippen molar-refractivity contribution in [3.63, 3.8) is 0 Å². The molecule has 0 radical (unpaired) electrons. The van der Waals surface area contributed by atoms with Crippen LogP contribution in [0.1, 0.15) is 22.8 Å². The number of Topliss-reactive ketones (excluding diaryl/α,β-unsaturated/α-hetero) is 1. The third kappa shape index (κ3) is 5.13.